The van der Waals surface area contributed by atoms with Gasteiger partial charge in [-0.25, -0.2) is 9.37 Å². The first-order chi connectivity index (χ1) is 8.49. The van der Waals surface area contributed by atoms with E-state index in [1.54, 1.807) is 6.07 Å². The van der Waals surface area contributed by atoms with Crippen LogP contribution in [-0.2, 0) is 10.0 Å². The number of benzene rings is 1. The summed E-state index contributed by atoms with van der Waals surface area (Å²) in [6.45, 7) is 0. The molecule has 0 amide bonds. The Hall–Kier alpha value is -1.47. The Labute approximate surface area is 112 Å². The molecule has 2 rings (SSSR count). The van der Waals surface area contributed by atoms with Crippen molar-refractivity contribution in [2.24, 2.45) is 0 Å². The molecule has 0 aliphatic heterocycles. The largest absolute Gasteiger partial charge is 0.279 e. The van der Waals surface area contributed by atoms with Gasteiger partial charge < -0.3 is 0 Å². The van der Waals surface area contributed by atoms with Gasteiger partial charge in [-0.1, -0.05) is 12.1 Å². The number of sulfonamides is 1. The topological polar surface area (TPSA) is 59.1 Å². The molecule has 0 unspecified atom stereocenters. The van der Waals surface area contributed by atoms with Crippen molar-refractivity contribution in [2.45, 2.75) is 5.03 Å². The molecule has 0 atom stereocenters. The zero-order valence-electron chi connectivity index (χ0n) is 8.97. The van der Waals surface area contributed by atoms with Gasteiger partial charge in [0.25, 0.3) is 10.0 Å². The number of rotatable bonds is 3. The second-order valence-corrected chi connectivity index (χ2v) is 5.94. The van der Waals surface area contributed by atoms with Crippen molar-refractivity contribution < 1.29 is 12.8 Å². The fraction of sp³-hybridized carbons (Fsp3) is 0. The van der Waals surface area contributed by atoms with Crippen molar-refractivity contribution in [1.29, 1.82) is 0 Å². The van der Waals surface area contributed by atoms with Crippen LogP contribution in [0.5, 0.6) is 0 Å². The molecule has 0 saturated heterocycles. The molecule has 94 valence electrons. The van der Waals surface area contributed by atoms with Crippen LogP contribution in [0.15, 0.2) is 52.1 Å². The van der Waals surface area contributed by atoms with Gasteiger partial charge in [-0.15, -0.1) is 0 Å². The van der Waals surface area contributed by atoms with Crippen LogP contribution < -0.4 is 4.72 Å². The van der Waals surface area contributed by atoms with E-state index in [1.165, 1.54) is 36.5 Å². The Balaban J connectivity index is 2.33. The second kappa shape index (κ2) is 5.03. The van der Waals surface area contributed by atoms with Gasteiger partial charge in [0.15, 0.2) is 5.03 Å². The summed E-state index contributed by atoms with van der Waals surface area (Å²) in [5.74, 6) is -0.641. The predicted octanol–water partition coefficient (Wildman–Crippen LogP) is 2.78. The summed E-state index contributed by atoms with van der Waals surface area (Å²) in [5.41, 5.74) is -0.109. The summed E-state index contributed by atoms with van der Waals surface area (Å²) < 4.78 is 40.0. The average Bonchev–Trinajstić information content (AvgIpc) is 2.32. The summed E-state index contributed by atoms with van der Waals surface area (Å²) in [7, 11) is -3.87. The van der Waals surface area contributed by atoms with Crippen molar-refractivity contribution in [3.05, 3.63) is 52.9 Å². The van der Waals surface area contributed by atoms with Crippen LogP contribution >= 0.6 is 15.9 Å². The molecule has 0 radical (unpaired) electrons. The third-order valence-electron chi connectivity index (χ3n) is 2.09. The molecule has 0 saturated carbocycles. The highest BCUT2D eigenvalue weighted by molar-refractivity contribution is 9.10. The number of anilines is 1. The maximum atomic E-state index is 13.3. The standard InChI is InChI=1S/C11H8BrFN2O2S/c12-8-5-6-11(14-7-8)18(16,17)15-10-4-2-1-3-9(10)13/h1-7,15H. The third kappa shape index (κ3) is 2.85. The van der Waals surface area contributed by atoms with E-state index >= 15 is 0 Å². The van der Waals surface area contributed by atoms with Crippen molar-refractivity contribution in [2.75, 3.05) is 4.72 Å². The molecular formula is C11H8BrFN2O2S. The SMILES string of the molecule is O=S(=O)(Nc1ccccc1F)c1ccc(Br)cn1. The molecule has 1 aromatic heterocycles. The van der Waals surface area contributed by atoms with Gasteiger partial charge in [0.05, 0.1) is 5.69 Å². The smallest absolute Gasteiger partial charge is 0.275 e. The van der Waals surface area contributed by atoms with Crippen LogP contribution in [-0.4, -0.2) is 13.4 Å². The monoisotopic (exact) mass is 330 g/mol. The lowest BCUT2D eigenvalue weighted by Crippen LogP contribution is -2.15. The van der Waals surface area contributed by atoms with Gasteiger partial charge in [0, 0.05) is 10.7 Å². The number of hydrogen-bond donors (Lipinski definition) is 1. The number of halogens is 2. The Morgan fingerprint density at radius 3 is 2.50 bits per heavy atom. The number of para-hydroxylation sites is 1. The number of hydrogen-bond acceptors (Lipinski definition) is 3. The predicted molar refractivity (Wildman–Crippen MR) is 69.1 cm³/mol. The number of nitrogens with one attached hydrogen (secondary N) is 1. The van der Waals surface area contributed by atoms with Crippen molar-refractivity contribution in [1.82, 2.24) is 4.98 Å². The highest BCUT2D eigenvalue weighted by atomic mass is 79.9. The Kier molecular flexibility index (Phi) is 3.63. The van der Waals surface area contributed by atoms with E-state index in [2.05, 4.69) is 25.6 Å². The summed E-state index contributed by atoms with van der Waals surface area (Å²) in [4.78, 5) is 3.76. The molecule has 1 aromatic carbocycles. The molecule has 0 fully saturated rings. The summed E-state index contributed by atoms with van der Waals surface area (Å²) in [6, 6.07) is 8.40. The van der Waals surface area contributed by atoms with Gasteiger partial charge in [-0.05, 0) is 40.2 Å². The van der Waals surface area contributed by atoms with Crippen LogP contribution in [0, 0.1) is 5.82 Å². The summed E-state index contributed by atoms with van der Waals surface area (Å²) >= 11 is 3.15. The lowest BCUT2D eigenvalue weighted by atomic mass is 10.3. The van der Waals surface area contributed by atoms with Crippen LogP contribution in [0.1, 0.15) is 0 Å². The molecule has 2 aromatic rings. The van der Waals surface area contributed by atoms with Crippen molar-refractivity contribution in [3.8, 4) is 0 Å². The van der Waals surface area contributed by atoms with Gasteiger partial charge in [0.1, 0.15) is 5.82 Å². The molecule has 0 spiro atoms. The second-order valence-electron chi connectivity index (χ2n) is 3.40. The van der Waals surface area contributed by atoms with Crippen LogP contribution in [0.25, 0.3) is 0 Å². The minimum atomic E-state index is -3.87. The number of pyridine rings is 1. The molecule has 1 heterocycles. The van der Waals surface area contributed by atoms with Gasteiger partial charge >= 0.3 is 0 Å². The van der Waals surface area contributed by atoms with E-state index in [-0.39, 0.29) is 10.7 Å². The summed E-state index contributed by atoms with van der Waals surface area (Å²) in [6.07, 6.45) is 1.36. The normalized spacial score (nSPS) is 11.2. The van der Waals surface area contributed by atoms with Gasteiger partial charge in [0.2, 0.25) is 0 Å². The molecular weight excluding hydrogens is 323 g/mol. The lowest BCUT2D eigenvalue weighted by Gasteiger charge is -2.07. The fourth-order valence-corrected chi connectivity index (χ4v) is 2.50. The van der Waals surface area contributed by atoms with E-state index in [0.717, 1.165) is 0 Å². The van der Waals surface area contributed by atoms with Crippen molar-refractivity contribution >= 4 is 31.6 Å². The van der Waals surface area contributed by atoms with Crippen molar-refractivity contribution in [3.63, 3.8) is 0 Å². The molecule has 0 aliphatic carbocycles. The zero-order chi connectivity index (χ0) is 13.2. The first-order valence-electron chi connectivity index (χ1n) is 4.88. The molecule has 7 heteroatoms. The van der Waals surface area contributed by atoms with Gasteiger partial charge in [-0.3, -0.25) is 4.72 Å². The number of aromatic nitrogens is 1. The van der Waals surface area contributed by atoms with Crippen LogP contribution in [0.4, 0.5) is 10.1 Å². The van der Waals surface area contributed by atoms with Gasteiger partial charge in [-0.2, -0.15) is 8.42 Å². The maximum Gasteiger partial charge on any atom is 0.279 e. The Morgan fingerprint density at radius 1 is 1.17 bits per heavy atom. The van der Waals surface area contributed by atoms with E-state index in [9.17, 15) is 12.8 Å². The molecule has 1 N–H and O–H groups in total. The molecule has 0 bridgehead atoms. The highest BCUT2D eigenvalue weighted by Gasteiger charge is 2.17. The quantitative estimate of drug-likeness (QED) is 0.941. The minimum absolute atomic E-state index is 0.109. The number of nitrogens with zero attached hydrogens (tertiary/aromatic N) is 1. The first-order valence-corrected chi connectivity index (χ1v) is 7.15. The molecule has 0 aliphatic rings. The Bertz CT molecular complexity index is 659. The maximum absolute atomic E-state index is 13.3. The third-order valence-corrected chi connectivity index (χ3v) is 3.84. The van der Waals surface area contributed by atoms with Crippen LogP contribution in [0.2, 0.25) is 0 Å². The zero-order valence-corrected chi connectivity index (χ0v) is 11.4. The minimum Gasteiger partial charge on any atom is -0.275 e. The summed E-state index contributed by atoms with van der Waals surface area (Å²) in [5, 5.41) is -0.172. The fourth-order valence-electron chi connectivity index (χ4n) is 1.26. The van der Waals surface area contributed by atoms with E-state index in [0.29, 0.717) is 4.47 Å². The van der Waals surface area contributed by atoms with E-state index in [4.69, 9.17) is 0 Å². The van der Waals surface area contributed by atoms with E-state index in [1.807, 2.05) is 0 Å². The first kappa shape index (κ1) is 13.0. The highest BCUT2D eigenvalue weighted by Crippen LogP contribution is 2.18. The van der Waals surface area contributed by atoms with Crippen LogP contribution in [0.3, 0.4) is 0 Å². The molecule has 4 nitrogen and oxygen atoms in total. The lowest BCUT2D eigenvalue weighted by molar-refractivity contribution is 0.595. The Morgan fingerprint density at radius 2 is 1.89 bits per heavy atom. The average molecular weight is 331 g/mol. The van der Waals surface area contributed by atoms with E-state index < -0.39 is 15.8 Å². The molecule has 18 heavy (non-hydrogen) atoms.